The third kappa shape index (κ3) is 5.67. The Labute approximate surface area is 203 Å². The number of piperidine rings is 1. The number of likely N-dealkylation sites (tertiary alicyclic amines) is 1. The summed E-state index contributed by atoms with van der Waals surface area (Å²) in [5.74, 6) is -4.82. The summed E-state index contributed by atoms with van der Waals surface area (Å²) in [6.07, 6.45) is 1.42. The van der Waals surface area contributed by atoms with Crippen molar-refractivity contribution in [2.24, 2.45) is 0 Å². The van der Waals surface area contributed by atoms with Crippen LogP contribution in [0.15, 0.2) is 36.4 Å². The second-order valence-corrected chi connectivity index (χ2v) is 8.99. The Balaban J connectivity index is 1.44. The number of amides is 2. The molecule has 2 aliphatic heterocycles. The Hall–Kier alpha value is -2.91. The molecule has 0 aliphatic carbocycles. The van der Waals surface area contributed by atoms with Gasteiger partial charge in [0.25, 0.3) is 5.91 Å². The van der Waals surface area contributed by atoms with Crippen molar-refractivity contribution in [1.29, 1.82) is 0 Å². The number of hydrogen-bond donors (Lipinski definition) is 0. The van der Waals surface area contributed by atoms with Crippen molar-refractivity contribution in [3.05, 3.63) is 65.0 Å². The van der Waals surface area contributed by atoms with Gasteiger partial charge in [-0.2, -0.15) is 0 Å². The van der Waals surface area contributed by atoms with Crippen LogP contribution in [0.5, 0.6) is 0 Å². The minimum atomic E-state index is -1.58. The number of hydrogen-bond acceptors (Lipinski definition) is 4. The van der Waals surface area contributed by atoms with E-state index in [1.54, 1.807) is 0 Å². The van der Waals surface area contributed by atoms with Crippen molar-refractivity contribution < 1.29 is 27.5 Å². The van der Waals surface area contributed by atoms with Crippen LogP contribution < -0.4 is 4.90 Å². The number of morpholine rings is 1. The predicted octanol–water partition coefficient (Wildman–Crippen LogP) is 3.77. The van der Waals surface area contributed by atoms with E-state index in [0.717, 1.165) is 24.8 Å². The molecule has 0 bridgehead atoms. The van der Waals surface area contributed by atoms with E-state index in [1.807, 2.05) is 35.2 Å². The molecule has 0 radical (unpaired) electrons. The number of ether oxygens (including phenoxy) is 1. The van der Waals surface area contributed by atoms with E-state index < -0.39 is 23.4 Å². The zero-order valence-corrected chi connectivity index (χ0v) is 19.8. The van der Waals surface area contributed by atoms with Gasteiger partial charge in [0, 0.05) is 62.0 Å². The first-order valence-corrected chi connectivity index (χ1v) is 12.0. The molecular weight excluding hydrogens is 459 g/mol. The van der Waals surface area contributed by atoms with Gasteiger partial charge in [-0.05, 0) is 38.0 Å². The third-order valence-electron chi connectivity index (χ3n) is 6.80. The van der Waals surface area contributed by atoms with Crippen molar-refractivity contribution in [2.75, 3.05) is 50.8 Å². The van der Waals surface area contributed by atoms with Crippen molar-refractivity contribution in [3.8, 4) is 0 Å². The monoisotopic (exact) mass is 489 g/mol. The molecule has 0 spiro atoms. The Morgan fingerprint density at radius 3 is 2.31 bits per heavy atom. The van der Waals surface area contributed by atoms with Crippen LogP contribution in [-0.2, 0) is 9.53 Å². The minimum Gasteiger partial charge on any atom is -0.379 e. The summed E-state index contributed by atoms with van der Waals surface area (Å²) in [6.45, 7) is 5.53. The molecule has 2 aromatic rings. The van der Waals surface area contributed by atoms with Crippen molar-refractivity contribution in [2.45, 2.75) is 32.2 Å². The third-order valence-corrected chi connectivity index (χ3v) is 6.80. The molecule has 9 heteroatoms. The number of rotatable bonds is 6. The van der Waals surface area contributed by atoms with Gasteiger partial charge in [-0.3, -0.25) is 14.5 Å². The average molecular weight is 490 g/mol. The van der Waals surface area contributed by atoms with E-state index in [2.05, 4.69) is 4.90 Å². The summed E-state index contributed by atoms with van der Waals surface area (Å²) < 4.78 is 46.6. The summed E-state index contributed by atoms with van der Waals surface area (Å²) >= 11 is 0. The smallest absolute Gasteiger partial charge is 0.254 e. The van der Waals surface area contributed by atoms with Gasteiger partial charge in [-0.15, -0.1) is 0 Å². The lowest BCUT2D eigenvalue weighted by molar-refractivity contribution is -0.119. The molecule has 2 heterocycles. The van der Waals surface area contributed by atoms with Gasteiger partial charge in [-0.25, -0.2) is 13.2 Å². The largest absolute Gasteiger partial charge is 0.379 e. The first kappa shape index (κ1) is 25.2. The van der Waals surface area contributed by atoms with Gasteiger partial charge in [0.2, 0.25) is 5.91 Å². The minimum absolute atomic E-state index is 0.0194. The first-order valence-electron chi connectivity index (χ1n) is 12.0. The highest BCUT2D eigenvalue weighted by Gasteiger charge is 2.32. The molecule has 2 aromatic carbocycles. The van der Waals surface area contributed by atoms with Crippen LogP contribution in [0, 0.1) is 24.4 Å². The molecule has 2 amide bonds. The van der Waals surface area contributed by atoms with Gasteiger partial charge in [0.05, 0.1) is 13.2 Å². The lowest BCUT2D eigenvalue weighted by atomic mass is 9.99. The normalized spacial score (nSPS) is 17.4. The molecule has 0 aromatic heterocycles. The molecule has 0 unspecified atom stereocenters. The quantitative estimate of drug-likeness (QED) is 0.580. The topological polar surface area (TPSA) is 53.1 Å². The van der Waals surface area contributed by atoms with Gasteiger partial charge >= 0.3 is 0 Å². The van der Waals surface area contributed by atoms with Gasteiger partial charge in [0.15, 0.2) is 17.5 Å². The summed E-state index contributed by atoms with van der Waals surface area (Å²) in [7, 11) is 0. The lowest BCUT2D eigenvalue weighted by Crippen LogP contribution is -2.50. The average Bonchev–Trinajstić information content (AvgIpc) is 2.90. The number of anilines is 1. The summed E-state index contributed by atoms with van der Waals surface area (Å²) in [4.78, 5) is 31.9. The maximum absolute atomic E-state index is 14.0. The fourth-order valence-electron chi connectivity index (χ4n) is 4.75. The Morgan fingerprint density at radius 1 is 1.00 bits per heavy atom. The standard InChI is InChI=1S/C26H30F3N3O3/c1-18-21(17-22(27)25(29)24(18)28)26(34)31-11-7-20(8-12-31)32(19-5-3-2-4-6-19)23(33)9-10-30-13-15-35-16-14-30/h2-6,17,20H,7-16H2,1H3. The summed E-state index contributed by atoms with van der Waals surface area (Å²) in [6, 6.07) is 10.1. The highest BCUT2D eigenvalue weighted by atomic mass is 19.2. The molecule has 4 rings (SSSR count). The number of benzene rings is 2. The molecule has 35 heavy (non-hydrogen) atoms. The van der Waals surface area contributed by atoms with Crippen molar-refractivity contribution in [3.63, 3.8) is 0 Å². The fraction of sp³-hybridized carbons (Fsp3) is 0.462. The number of carbonyl (C=O) groups is 2. The highest BCUT2D eigenvalue weighted by Crippen LogP contribution is 2.27. The lowest BCUT2D eigenvalue weighted by Gasteiger charge is -2.39. The summed E-state index contributed by atoms with van der Waals surface area (Å²) in [5, 5.41) is 0. The SMILES string of the molecule is Cc1c(C(=O)N2CCC(N(C(=O)CCN3CCOCC3)c3ccccc3)CC2)cc(F)c(F)c1F. The van der Waals surface area contributed by atoms with Crippen LogP contribution in [0.1, 0.15) is 35.2 Å². The number of nitrogens with zero attached hydrogens (tertiary/aromatic N) is 3. The van der Waals surface area contributed by atoms with Crippen molar-refractivity contribution >= 4 is 17.5 Å². The number of halogens is 3. The van der Waals surface area contributed by atoms with E-state index in [0.29, 0.717) is 52.1 Å². The zero-order valence-electron chi connectivity index (χ0n) is 19.8. The summed E-state index contributed by atoms with van der Waals surface area (Å²) in [5.41, 5.74) is 0.421. The molecule has 2 saturated heterocycles. The maximum Gasteiger partial charge on any atom is 0.254 e. The molecule has 0 N–H and O–H groups in total. The molecule has 2 aliphatic rings. The van der Waals surface area contributed by atoms with E-state index >= 15 is 0 Å². The van der Waals surface area contributed by atoms with Crippen LogP contribution in [0.2, 0.25) is 0 Å². The van der Waals surface area contributed by atoms with Crippen LogP contribution in [0.3, 0.4) is 0 Å². The number of para-hydroxylation sites is 1. The fourth-order valence-corrected chi connectivity index (χ4v) is 4.75. The second-order valence-electron chi connectivity index (χ2n) is 8.99. The number of carbonyl (C=O) groups excluding carboxylic acids is 2. The van der Waals surface area contributed by atoms with Gasteiger partial charge < -0.3 is 14.5 Å². The second kappa shape index (κ2) is 11.2. The maximum atomic E-state index is 14.0. The first-order chi connectivity index (χ1) is 16.9. The van der Waals surface area contributed by atoms with Gasteiger partial charge in [-0.1, -0.05) is 18.2 Å². The van der Waals surface area contributed by atoms with E-state index in [1.165, 1.54) is 11.8 Å². The van der Waals surface area contributed by atoms with E-state index in [4.69, 9.17) is 4.74 Å². The van der Waals surface area contributed by atoms with Crippen LogP contribution in [-0.4, -0.2) is 73.6 Å². The molecule has 0 atom stereocenters. The van der Waals surface area contributed by atoms with Crippen LogP contribution in [0.25, 0.3) is 0 Å². The Morgan fingerprint density at radius 2 is 1.66 bits per heavy atom. The molecule has 188 valence electrons. The highest BCUT2D eigenvalue weighted by molar-refractivity contribution is 5.96. The molecule has 2 fully saturated rings. The Bertz CT molecular complexity index is 1050. The van der Waals surface area contributed by atoms with Crippen LogP contribution in [0.4, 0.5) is 18.9 Å². The predicted molar refractivity (Wildman–Crippen MR) is 126 cm³/mol. The molecule has 6 nitrogen and oxygen atoms in total. The molecular formula is C26H30F3N3O3. The van der Waals surface area contributed by atoms with Crippen LogP contribution >= 0.6 is 0 Å². The Kier molecular flexibility index (Phi) is 8.07. The van der Waals surface area contributed by atoms with E-state index in [-0.39, 0.29) is 23.1 Å². The zero-order chi connectivity index (χ0) is 24.9. The van der Waals surface area contributed by atoms with Crippen molar-refractivity contribution in [1.82, 2.24) is 9.80 Å². The molecule has 0 saturated carbocycles. The van der Waals surface area contributed by atoms with Gasteiger partial charge in [0.1, 0.15) is 0 Å². The van der Waals surface area contributed by atoms with E-state index in [9.17, 15) is 22.8 Å².